The largest absolute Gasteiger partial charge is 0.343 e. The van der Waals surface area contributed by atoms with Crippen molar-refractivity contribution in [3.05, 3.63) is 65.7 Å². The number of halogens is 1. The third-order valence-electron chi connectivity index (χ3n) is 2.94. The Morgan fingerprint density at radius 2 is 1.91 bits per heavy atom. The molecule has 0 aliphatic heterocycles. The van der Waals surface area contributed by atoms with Crippen LogP contribution in [0, 0.1) is 5.82 Å². The van der Waals surface area contributed by atoms with E-state index in [0.717, 1.165) is 0 Å². The van der Waals surface area contributed by atoms with Crippen molar-refractivity contribution < 1.29 is 14.0 Å². The number of hydrogen-bond acceptors (Lipinski definition) is 4. The second-order valence-corrected chi connectivity index (χ2v) is 4.66. The second kappa shape index (κ2) is 7.79. The first-order valence-corrected chi connectivity index (χ1v) is 6.83. The van der Waals surface area contributed by atoms with E-state index in [9.17, 15) is 14.0 Å². The van der Waals surface area contributed by atoms with Gasteiger partial charge in [0.1, 0.15) is 5.82 Å². The molecule has 0 saturated heterocycles. The number of amides is 2. The van der Waals surface area contributed by atoms with Crippen LogP contribution in [0.4, 0.5) is 4.39 Å². The van der Waals surface area contributed by atoms with E-state index in [0.29, 0.717) is 16.8 Å². The standard InChI is InChI=1S/C16H15FN4O2/c1-11(12-4-6-14(17)7-5-12)20-21-15(22)10-19-16(23)13-3-2-8-18-9-13/h2-9H,10H2,1H3,(H,19,23)(H,21,22). The van der Waals surface area contributed by atoms with Crippen molar-refractivity contribution in [1.29, 1.82) is 0 Å². The maximum atomic E-state index is 12.8. The van der Waals surface area contributed by atoms with Crippen LogP contribution in [0.5, 0.6) is 0 Å². The van der Waals surface area contributed by atoms with Gasteiger partial charge in [-0.1, -0.05) is 12.1 Å². The number of nitrogens with zero attached hydrogens (tertiary/aromatic N) is 2. The van der Waals surface area contributed by atoms with Crippen LogP contribution in [0.3, 0.4) is 0 Å². The highest BCUT2D eigenvalue weighted by molar-refractivity contribution is 5.99. The van der Waals surface area contributed by atoms with E-state index in [1.54, 1.807) is 37.4 Å². The summed E-state index contributed by atoms with van der Waals surface area (Å²) >= 11 is 0. The number of carbonyl (C=O) groups excluding carboxylic acids is 2. The Hall–Kier alpha value is -3.09. The Morgan fingerprint density at radius 1 is 1.17 bits per heavy atom. The molecule has 2 rings (SSSR count). The molecule has 0 bridgehead atoms. The van der Waals surface area contributed by atoms with Crippen molar-refractivity contribution in [2.45, 2.75) is 6.92 Å². The van der Waals surface area contributed by atoms with Crippen molar-refractivity contribution in [3.8, 4) is 0 Å². The fourth-order valence-corrected chi connectivity index (χ4v) is 1.70. The van der Waals surface area contributed by atoms with Gasteiger partial charge in [0.2, 0.25) is 0 Å². The highest BCUT2D eigenvalue weighted by atomic mass is 19.1. The van der Waals surface area contributed by atoms with Crippen molar-refractivity contribution in [3.63, 3.8) is 0 Å². The van der Waals surface area contributed by atoms with Crippen LogP contribution in [-0.2, 0) is 4.79 Å². The Balaban J connectivity index is 1.84. The van der Waals surface area contributed by atoms with Crippen LogP contribution in [0.1, 0.15) is 22.8 Å². The van der Waals surface area contributed by atoms with Crippen molar-refractivity contribution in [1.82, 2.24) is 15.7 Å². The van der Waals surface area contributed by atoms with E-state index in [2.05, 4.69) is 20.8 Å². The van der Waals surface area contributed by atoms with Gasteiger partial charge in [0.15, 0.2) is 0 Å². The number of benzene rings is 1. The predicted octanol–water partition coefficient (Wildman–Crippen LogP) is 1.49. The molecule has 7 heteroatoms. The lowest BCUT2D eigenvalue weighted by molar-refractivity contribution is -0.120. The van der Waals surface area contributed by atoms with E-state index in [4.69, 9.17) is 0 Å². The fourth-order valence-electron chi connectivity index (χ4n) is 1.70. The molecule has 1 aromatic carbocycles. The zero-order chi connectivity index (χ0) is 16.7. The van der Waals surface area contributed by atoms with E-state index < -0.39 is 11.8 Å². The van der Waals surface area contributed by atoms with Crippen LogP contribution >= 0.6 is 0 Å². The number of carbonyl (C=O) groups is 2. The maximum Gasteiger partial charge on any atom is 0.259 e. The van der Waals surface area contributed by atoms with Gasteiger partial charge in [-0.2, -0.15) is 5.10 Å². The molecule has 0 atom stereocenters. The van der Waals surface area contributed by atoms with E-state index in [-0.39, 0.29) is 12.4 Å². The molecule has 0 aliphatic carbocycles. The van der Waals surface area contributed by atoms with Crippen molar-refractivity contribution in [2.24, 2.45) is 5.10 Å². The number of rotatable bonds is 5. The average molecular weight is 314 g/mol. The molecule has 0 fully saturated rings. The smallest absolute Gasteiger partial charge is 0.259 e. The summed E-state index contributed by atoms with van der Waals surface area (Å²) in [5.41, 5.74) is 3.91. The van der Waals surface area contributed by atoms with Crippen LogP contribution in [0.25, 0.3) is 0 Å². The lowest BCUT2D eigenvalue weighted by atomic mass is 10.1. The number of aromatic nitrogens is 1. The molecule has 2 N–H and O–H groups in total. The minimum Gasteiger partial charge on any atom is -0.343 e. The van der Waals surface area contributed by atoms with Crippen molar-refractivity contribution in [2.75, 3.05) is 6.54 Å². The summed E-state index contributed by atoms with van der Waals surface area (Å²) in [5, 5.41) is 6.37. The molecule has 0 saturated carbocycles. The molecular formula is C16H15FN4O2. The van der Waals surface area contributed by atoms with Gasteiger partial charge in [-0.15, -0.1) is 0 Å². The first kappa shape index (κ1) is 16.3. The maximum absolute atomic E-state index is 12.8. The zero-order valence-corrected chi connectivity index (χ0v) is 12.4. The number of hydrazone groups is 1. The SMILES string of the molecule is CC(=NNC(=O)CNC(=O)c1cccnc1)c1ccc(F)cc1. The third-order valence-corrected chi connectivity index (χ3v) is 2.94. The Morgan fingerprint density at radius 3 is 2.57 bits per heavy atom. The lowest BCUT2D eigenvalue weighted by Crippen LogP contribution is -2.35. The summed E-state index contributed by atoms with van der Waals surface area (Å²) in [6, 6.07) is 8.96. The van der Waals surface area contributed by atoms with E-state index in [1.165, 1.54) is 18.3 Å². The highest BCUT2D eigenvalue weighted by Gasteiger charge is 2.07. The summed E-state index contributed by atoms with van der Waals surface area (Å²) in [6.45, 7) is 1.47. The summed E-state index contributed by atoms with van der Waals surface area (Å²) < 4.78 is 12.8. The molecule has 0 aliphatic rings. The summed E-state index contributed by atoms with van der Waals surface area (Å²) in [4.78, 5) is 27.2. The highest BCUT2D eigenvalue weighted by Crippen LogP contribution is 2.03. The third kappa shape index (κ3) is 4.99. The van der Waals surface area contributed by atoms with Crippen LogP contribution in [-0.4, -0.2) is 29.1 Å². The first-order chi connectivity index (χ1) is 11.1. The monoisotopic (exact) mass is 314 g/mol. The van der Waals surface area contributed by atoms with Gasteiger partial charge in [-0.3, -0.25) is 14.6 Å². The summed E-state index contributed by atoms with van der Waals surface area (Å²) in [7, 11) is 0. The molecule has 2 aromatic rings. The molecule has 118 valence electrons. The topological polar surface area (TPSA) is 83.5 Å². The van der Waals surface area contributed by atoms with Gasteiger partial charge in [-0.05, 0) is 36.8 Å². The van der Waals surface area contributed by atoms with Gasteiger partial charge in [0.25, 0.3) is 11.8 Å². The quantitative estimate of drug-likeness (QED) is 0.648. The molecule has 1 heterocycles. The number of nitrogens with one attached hydrogen (secondary N) is 2. The van der Waals surface area contributed by atoms with Crippen LogP contribution in [0.2, 0.25) is 0 Å². The number of hydrogen-bond donors (Lipinski definition) is 2. The Labute approximate surface area is 132 Å². The lowest BCUT2D eigenvalue weighted by Gasteiger charge is -2.05. The minimum atomic E-state index is -0.469. The summed E-state index contributed by atoms with van der Waals surface area (Å²) in [6.07, 6.45) is 2.96. The minimum absolute atomic E-state index is 0.214. The molecule has 0 spiro atoms. The van der Waals surface area contributed by atoms with E-state index >= 15 is 0 Å². The molecule has 0 radical (unpaired) electrons. The number of pyridine rings is 1. The average Bonchev–Trinajstić information content (AvgIpc) is 2.59. The molecule has 2 amide bonds. The van der Waals surface area contributed by atoms with Crippen LogP contribution in [0.15, 0.2) is 53.9 Å². The van der Waals surface area contributed by atoms with Gasteiger partial charge in [0.05, 0.1) is 17.8 Å². The Bertz CT molecular complexity index is 715. The fraction of sp³-hybridized carbons (Fsp3) is 0.125. The molecular weight excluding hydrogens is 299 g/mol. The van der Waals surface area contributed by atoms with Gasteiger partial charge in [-0.25, -0.2) is 9.82 Å². The van der Waals surface area contributed by atoms with Crippen LogP contribution < -0.4 is 10.7 Å². The summed E-state index contributed by atoms with van der Waals surface area (Å²) in [5.74, 6) is -1.21. The second-order valence-electron chi connectivity index (χ2n) is 4.66. The van der Waals surface area contributed by atoms with Crippen molar-refractivity contribution >= 4 is 17.5 Å². The van der Waals surface area contributed by atoms with Gasteiger partial charge >= 0.3 is 0 Å². The molecule has 6 nitrogen and oxygen atoms in total. The molecule has 23 heavy (non-hydrogen) atoms. The van der Waals surface area contributed by atoms with Gasteiger partial charge in [0, 0.05) is 12.4 Å². The first-order valence-electron chi connectivity index (χ1n) is 6.83. The predicted molar refractivity (Wildman–Crippen MR) is 83.3 cm³/mol. The van der Waals surface area contributed by atoms with Gasteiger partial charge < -0.3 is 5.32 Å². The van der Waals surface area contributed by atoms with E-state index in [1.807, 2.05) is 0 Å². The Kier molecular flexibility index (Phi) is 5.51. The molecule has 0 unspecified atom stereocenters. The molecule has 1 aromatic heterocycles. The zero-order valence-electron chi connectivity index (χ0n) is 12.4. The normalized spacial score (nSPS) is 11.0.